The Hall–Kier alpha value is -2.03. The van der Waals surface area contributed by atoms with Crippen molar-refractivity contribution in [2.24, 2.45) is 10.7 Å². The number of hydrogen-bond acceptors (Lipinski definition) is 3. The van der Waals surface area contributed by atoms with Crippen LogP contribution in [0.15, 0.2) is 47.3 Å². The van der Waals surface area contributed by atoms with E-state index in [9.17, 15) is 0 Å². The summed E-state index contributed by atoms with van der Waals surface area (Å²) < 4.78 is 5.36. The SMILES string of the molecule is CC(/C=C(\N)OC(C)C)=Nc1ccc(C2=C[CH]2)cc1. The summed E-state index contributed by atoms with van der Waals surface area (Å²) in [4.78, 5) is 4.48. The average Bonchev–Trinajstić information content (AvgIpc) is 3.12. The van der Waals surface area contributed by atoms with Gasteiger partial charge in [0.05, 0.1) is 11.8 Å². The first-order chi connectivity index (χ1) is 9.04. The molecule has 19 heavy (non-hydrogen) atoms. The number of allylic oxidation sites excluding steroid dienone is 3. The van der Waals surface area contributed by atoms with E-state index in [-0.39, 0.29) is 6.10 Å². The lowest BCUT2D eigenvalue weighted by Crippen LogP contribution is -2.10. The van der Waals surface area contributed by atoms with Crippen LogP contribution in [0.25, 0.3) is 5.57 Å². The van der Waals surface area contributed by atoms with Gasteiger partial charge in [0.15, 0.2) is 5.88 Å². The maximum absolute atomic E-state index is 5.75. The van der Waals surface area contributed by atoms with E-state index in [2.05, 4.69) is 29.6 Å². The highest BCUT2D eigenvalue weighted by atomic mass is 16.5. The van der Waals surface area contributed by atoms with Crippen molar-refractivity contribution in [2.75, 3.05) is 0 Å². The van der Waals surface area contributed by atoms with Gasteiger partial charge in [-0.2, -0.15) is 0 Å². The highest BCUT2D eigenvalue weighted by Crippen LogP contribution is 2.30. The first-order valence-electron chi connectivity index (χ1n) is 6.39. The summed E-state index contributed by atoms with van der Waals surface area (Å²) in [7, 11) is 0. The van der Waals surface area contributed by atoms with Gasteiger partial charge >= 0.3 is 0 Å². The zero-order valence-corrected chi connectivity index (χ0v) is 11.6. The number of ether oxygens (including phenoxy) is 1. The predicted molar refractivity (Wildman–Crippen MR) is 80.0 cm³/mol. The zero-order valence-electron chi connectivity index (χ0n) is 11.6. The first-order valence-corrected chi connectivity index (χ1v) is 6.39. The zero-order chi connectivity index (χ0) is 13.8. The molecule has 99 valence electrons. The molecule has 3 nitrogen and oxygen atoms in total. The number of aliphatic imine (C=N–C) groups is 1. The highest BCUT2D eigenvalue weighted by Gasteiger charge is 2.09. The molecule has 0 saturated heterocycles. The number of nitrogens with zero attached hydrogens (tertiary/aromatic N) is 1. The first kappa shape index (κ1) is 13.4. The van der Waals surface area contributed by atoms with Crippen LogP contribution in [0.2, 0.25) is 0 Å². The van der Waals surface area contributed by atoms with E-state index in [4.69, 9.17) is 10.5 Å². The third-order valence-corrected chi connectivity index (χ3v) is 2.56. The van der Waals surface area contributed by atoms with Crippen LogP contribution < -0.4 is 5.73 Å². The van der Waals surface area contributed by atoms with Crippen molar-refractivity contribution in [1.29, 1.82) is 0 Å². The minimum atomic E-state index is 0.0754. The summed E-state index contributed by atoms with van der Waals surface area (Å²) in [5, 5.41) is 0. The van der Waals surface area contributed by atoms with Crippen LogP contribution in [0.3, 0.4) is 0 Å². The van der Waals surface area contributed by atoms with Crippen LogP contribution in [0, 0.1) is 6.42 Å². The predicted octanol–water partition coefficient (Wildman–Crippen LogP) is 3.61. The van der Waals surface area contributed by atoms with Crippen molar-refractivity contribution >= 4 is 17.0 Å². The quantitative estimate of drug-likeness (QED) is 0.645. The molecule has 1 aromatic carbocycles. The Morgan fingerprint density at radius 1 is 1.26 bits per heavy atom. The minimum absolute atomic E-state index is 0.0754. The smallest absolute Gasteiger partial charge is 0.186 e. The number of rotatable bonds is 5. The molecule has 0 heterocycles. The van der Waals surface area contributed by atoms with Crippen molar-refractivity contribution in [1.82, 2.24) is 0 Å². The topological polar surface area (TPSA) is 47.6 Å². The molecule has 0 saturated carbocycles. The van der Waals surface area contributed by atoms with Gasteiger partial charge in [0.1, 0.15) is 0 Å². The van der Waals surface area contributed by atoms with Crippen LogP contribution in [0.5, 0.6) is 0 Å². The molecule has 0 atom stereocenters. The van der Waals surface area contributed by atoms with Gasteiger partial charge in [0.25, 0.3) is 0 Å². The summed E-state index contributed by atoms with van der Waals surface area (Å²) in [6.07, 6.45) is 6.00. The molecule has 0 aliphatic heterocycles. The molecule has 0 aromatic heterocycles. The molecule has 3 heteroatoms. The van der Waals surface area contributed by atoms with Crippen LogP contribution >= 0.6 is 0 Å². The summed E-state index contributed by atoms with van der Waals surface area (Å²) in [5.74, 6) is 0.394. The highest BCUT2D eigenvalue weighted by molar-refractivity contribution is 5.95. The molecule has 1 aromatic rings. The van der Waals surface area contributed by atoms with Crippen molar-refractivity contribution in [3.8, 4) is 0 Å². The van der Waals surface area contributed by atoms with Gasteiger partial charge in [-0.05, 0) is 44.0 Å². The Kier molecular flexibility index (Phi) is 4.05. The summed E-state index contributed by atoms with van der Waals surface area (Å²) in [6, 6.07) is 8.14. The van der Waals surface area contributed by atoms with Crippen molar-refractivity contribution < 1.29 is 4.74 Å². The molecule has 0 amide bonds. The molecule has 0 spiro atoms. The third-order valence-electron chi connectivity index (χ3n) is 2.56. The number of hydrogen-bond donors (Lipinski definition) is 1. The maximum atomic E-state index is 5.75. The molecule has 2 N–H and O–H groups in total. The molecule has 0 unspecified atom stereocenters. The lowest BCUT2D eigenvalue weighted by molar-refractivity contribution is 0.145. The van der Waals surface area contributed by atoms with E-state index >= 15 is 0 Å². The van der Waals surface area contributed by atoms with E-state index in [0.29, 0.717) is 5.88 Å². The lowest BCUT2D eigenvalue weighted by atomic mass is 10.1. The normalized spacial score (nSPS) is 15.5. The average molecular weight is 255 g/mol. The van der Waals surface area contributed by atoms with Gasteiger partial charge in [0, 0.05) is 18.2 Å². The Bertz CT molecular complexity index is 536. The Labute approximate surface area is 114 Å². The maximum Gasteiger partial charge on any atom is 0.186 e. The fourth-order valence-electron chi connectivity index (χ4n) is 1.71. The fourth-order valence-corrected chi connectivity index (χ4v) is 1.71. The molecule has 0 fully saturated rings. The van der Waals surface area contributed by atoms with Crippen molar-refractivity contribution in [3.05, 3.63) is 54.3 Å². The Morgan fingerprint density at radius 2 is 1.89 bits per heavy atom. The van der Waals surface area contributed by atoms with Gasteiger partial charge in [-0.25, -0.2) is 0 Å². The molecular weight excluding hydrogens is 236 g/mol. The van der Waals surface area contributed by atoms with Gasteiger partial charge in [-0.3, -0.25) is 4.99 Å². The molecule has 1 aliphatic rings. The van der Waals surface area contributed by atoms with Crippen molar-refractivity contribution in [3.63, 3.8) is 0 Å². The van der Waals surface area contributed by atoms with Gasteiger partial charge in [-0.15, -0.1) is 0 Å². The third kappa shape index (κ3) is 4.28. The fraction of sp³-hybridized carbons (Fsp3) is 0.250. The minimum Gasteiger partial charge on any atom is -0.477 e. The van der Waals surface area contributed by atoms with Crippen molar-refractivity contribution in [2.45, 2.75) is 26.9 Å². The second kappa shape index (κ2) is 5.74. The second-order valence-electron chi connectivity index (χ2n) is 4.80. The molecule has 1 aliphatic carbocycles. The second-order valence-corrected chi connectivity index (χ2v) is 4.80. The molecule has 0 bridgehead atoms. The summed E-state index contributed by atoms with van der Waals surface area (Å²) in [6.45, 7) is 5.78. The van der Waals surface area contributed by atoms with Crippen LogP contribution in [-0.2, 0) is 4.74 Å². The summed E-state index contributed by atoms with van der Waals surface area (Å²) in [5.41, 5.74) is 10.0. The van der Waals surface area contributed by atoms with E-state index in [1.54, 1.807) is 6.08 Å². The van der Waals surface area contributed by atoms with Gasteiger partial charge < -0.3 is 10.5 Å². The van der Waals surface area contributed by atoms with E-state index in [0.717, 1.165) is 11.4 Å². The van der Waals surface area contributed by atoms with Crippen LogP contribution in [0.4, 0.5) is 5.69 Å². The van der Waals surface area contributed by atoms with Crippen LogP contribution in [0.1, 0.15) is 26.3 Å². The van der Waals surface area contributed by atoms with E-state index < -0.39 is 0 Å². The van der Waals surface area contributed by atoms with E-state index in [1.807, 2.05) is 32.9 Å². The van der Waals surface area contributed by atoms with Gasteiger partial charge in [-0.1, -0.05) is 18.2 Å². The summed E-state index contributed by atoms with van der Waals surface area (Å²) >= 11 is 0. The monoisotopic (exact) mass is 255 g/mol. The van der Waals surface area contributed by atoms with Gasteiger partial charge in [0.2, 0.25) is 0 Å². The number of nitrogens with two attached hydrogens (primary N) is 1. The Morgan fingerprint density at radius 3 is 2.42 bits per heavy atom. The number of benzene rings is 1. The Balaban J connectivity index is 2.05. The molecule has 1 radical (unpaired) electrons. The van der Waals surface area contributed by atoms with Crippen LogP contribution in [-0.4, -0.2) is 11.8 Å². The van der Waals surface area contributed by atoms with E-state index in [1.165, 1.54) is 11.1 Å². The largest absolute Gasteiger partial charge is 0.477 e. The lowest BCUT2D eigenvalue weighted by Gasteiger charge is -2.08. The molecular formula is C16H19N2O. The molecule has 2 rings (SSSR count). The standard InChI is InChI=1S/C16H19N2O/c1-11(2)19-16(17)10-12(3)18-15-8-6-14(7-9-15)13-4-5-13/h4-11H,17H2,1-3H3/b16-10+,18-12?.